The third-order valence-corrected chi connectivity index (χ3v) is 8.65. The van der Waals surface area contributed by atoms with Crippen LogP contribution in [0, 0.1) is 0 Å². The van der Waals surface area contributed by atoms with Gasteiger partial charge in [-0.25, -0.2) is 34.2 Å². The number of rotatable bonds is 4. The number of carbonyl (C=O) groups is 4. The van der Waals surface area contributed by atoms with E-state index < -0.39 is 17.7 Å². The van der Waals surface area contributed by atoms with Crippen LogP contribution in [-0.2, 0) is 25.7 Å². The number of H-pyrrole nitrogens is 1. The van der Waals surface area contributed by atoms with Crippen LogP contribution in [0.15, 0.2) is 86.7 Å². The minimum absolute atomic E-state index is 0.139. The van der Waals surface area contributed by atoms with Gasteiger partial charge in [0, 0.05) is 10.8 Å². The largest absolute Gasteiger partial charge is 0.480 e. The number of amides is 1. The number of hydrogen-bond donors (Lipinski definition) is 5. The Labute approximate surface area is 346 Å². The van der Waals surface area contributed by atoms with Crippen molar-refractivity contribution in [2.24, 2.45) is 0 Å². The average Bonchev–Trinajstić information content (AvgIpc) is 4.14. The molecule has 0 bridgehead atoms. The number of hydrogen-bond acceptors (Lipinski definition) is 20. The Morgan fingerprint density at radius 1 is 0.770 bits per heavy atom. The predicted molar refractivity (Wildman–Crippen MR) is 218 cm³/mol. The van der Waals surface area contributed by atoms with E-state index in [1.807, 2.05) is 48.5 Å². The number of ketones is 1. The van der Waals surface area contributed by atoms with Gasteiger partial charge in [-0.2, -0.15) is 5.16 Å². The zero-order valence-electron chi connectivity index (χ0n) is 31.2. The van der Waals surface area contributed by atoms with Gasteiger partial charge in [0.15, 0.2) is 11.3 Å². The number of aromatic amines is 1. The van der Waals surface area contributed by atoms with Gasteiger partial charge in [0.05, 0.1) is 28.9 Å². The molecule has 24 nitrogen and oxygen atoms in total. The molecule has 0 fully saturated rings. The number of nitrogen functional groups attached to an aromatic ring is 2. The van der Waals surface area contributed by atoms with Crippen molar-refractivity contribution in [1.29, 1.82) is 0 Å². The van der Waals surface area contributed by atoms with E-state index in [0.29, 0.717) is 56.9 Å². The molecule has 7 N–H and O–H groups in total. The number of nitrogens with zero attached hydrogens (tertiary/aromatic N) is 11. The lowest BCUT2D eigenvalue weighted by Crippen LogP contribution is -2.12. The Balaban J connectivity index is 0.000000123. The number of carboxylic acid groups (broad SMARTS) is 1. The number of Topliss-reactive ketones (excluding diaryl/α,β-unsaturated/α-hetero) is 1. The summed E-state index contributed by atoms with van der Waals surface area (Å²) >= 11 is 2.94. The van der Waals surface area contributed by atoms with Crippen LogP contribution >= 0.6 is 15.9 Å². The van der Waals surface area contributed by atoms with Crippen LogP contribution in [0.25, 0.3) is 66.7 Å². The van der Waals surface area contributed by atoms with Crippen LogP contribution in [0.1, 0.15) is 17.3 Å². The van der Waals surface area contributed by atoms with Crippen LogP contribution in [0.3, 0.4) is 0 Å². The SMILES string of the molecule is CCOC(=O)CBr.Nc1nonc1N.O=C(O)Cn1c2ccccc2c2nc3nonc3nc21.O=C1Nc2ccccc2C1=O.c1ccc2c(c1)nc1nc3no[nH]c3nc12. The number of carbonyl (C=O) groups excluding carboxylic acids is 3. The van der Waals surface area contributed by atoms with Gasteiger partial charge in [0.25, 0.3) is 11.7 Å². The highest BCUT2D eigenvalue weighted by atomic mass is 79.9. The van der Waals surface area contributed by atoms with E-state index in [1.54, 1.807) is 35.8 Å². The first-order valence-electron chi connectivity index (χ1n) is 17.5. The molecule has 1 amide bonds. The molecule has 0 saturated carbocycles. The van der Waals surface area contributed by atoms with E-state index in [0.717, 1.165) is 27.3 Å². The fourth-order valence-corrected chi connectivity index (χ4v) is 5.78. The van der Waals surface area contributed by atoms with Crippen LogP contribution in [0.4, 0.5) is 17.3 Å². The number of halogens is 1. The fraction of sp³-hybridized carbons (Fsp3) is 0.111. The molecular weight excluding hydrogens is 866 g/mol. The number of para-hydroxylation sites is 3. The Kier molecular flexibility index (Phi) is 12.0. The minimum atomic E-state index is -0.951. The highest BCUT2D eigenvalue weighted by molar-refractivity contribution is 9.09. The Morgan fingerprint density at radius 3 is 2.11 bits per heavy atom. The number of ether oxygens (including phenoxy) is 1. The first-order valence-corrected chi connectivity index (χ1v) is 18.6. The molecule has 0 atom stereocenters. The van der Waals surface area contributed by atoms with Gasteiger partial charge >= 0.3 is 11.9 Å². The highest BCUT2D eigenvalue weighted by Crippen LogP contribution is 2.28. The van der Waals surface area contributed by atoms with Crippen molar-refractivity contribution in [2.45, 2.75) is 13.5 Å². The Morgan fingerprint density at radius 2 is 1.44 bits per heavy atom. The average molecular weight is 895 g/mol. The van der Waals surface area contributed by atoms with Crippen LogP contribution in [0.2, 0.25) is 0 Å². The predicted octanol–water partition coefficient (Wildman–Crippen LogP) is 3.85. The number of anilines is 3. The number of nitrogens with two attached hydrogens (primary N) is 2. The summed E-state index contributed by atoms with van der Waals surface area (Å²) < 4.78 is 19.5. The second kappa shape index (κ2) is 18.0. The van der Waals surface area contributed by atoms with Crippen LogP contribution in [0.5, 0.6) is 0 Å². The standard InChI is InChI=1S/C12H7N5O3.C10H5N5O.C8H5NO2.C4H7BrO2.C2H4N4O/c18-8(19)5-17-7-4-2-1-3-6(7)9-12(17)14-11-10(13-9)15-20-16-11;1-2-4-6-5(3-1)7-8(11-6)13-10-9(12-7)14-16-15-10;10-7-5-3-1-2-4-6(5)9-8(7)11;1-2-7-4(6)3-5;3-1-2(4)6-7-5-1/h1-4H,5H2,(H,18,19);1-4H,(H,12,14);1-4H,(H,9,10,11);2-3H2,1H3;(H2,3,5)(H2,4,6). The summed E-state index contributed by atoms with van der Waals surface area (Å²) in [5.41, 5.74) is 16.8. The van der Waals surface area contributed by atoms with Gasteiger partial charge in [-0.05, 0) is 57.0 Å². The van der Waals surface area contributed by atoms with Gasteiger partial charge in [0.1, 0.15) is 22.9 Å². The van der Waals surface area contributed by atoms with Gasteiger partial charge < -0.3 is 31.2 Å². The molecule has 0 radical (unpaired) electrons. The summed E-state index contributed by atoms with van der Waals surface area (Å²) in [4.78, 5) is 64.6. The molecule has 11 rings (SSSR count). The van der Waals surface area contributed by atoms with Crippen molar-refractivity contribution in [2.75, 3.05) is 28.7 Å². The molecule has 25 heteroatoms. The highest BCUT2D eigenvalue weighted by Gasteiger charge is 2.26. The summed E-state index contributed by atoms with van der Waals surface area (Å²) in [6.45, 7) is 2.04. The number of benzene rings is 3. The number of alkyl halides is 1. The van der Waals surface area contributed by atoms with Crippen molar-refractivity contribution >= 4 is 124 Å². The Hall–Kier alpha value is -8.48. The van der Waals surface area contributed by atoms with Gasteiger partial charge in [0.2, 0.25) is 34.2 Å². The first kappa shape index (κ1) is 40.7. The third kappa shape index (κ3) is 8.84. The molecule has 1 aliphatic rings. The van der Waals surface area contributed by atoms with Crippen molar-refractivity contribution in [1.82, 2.24) is 60.4 Å². The summed E-state index contributed by atoms with van der Waals surface area (Å²) in [6, 6.07) is 22.0. The number of nitrogens with one attached hydrogen (secondary N) is 2. The molecule has 308 valence electrons. The molecule has 3 aromatic carbocycles. The third-order valence-electron chi connectivity index (χ3n) is 8.20. The zero-order valence-corrected chi connectivity index (χ0v) is 32.8. The molecule has 0 saturated heterocycles. The second-order valence-electron chi connectivity index (χ2n) is 12.1. The van der Waals surface area contributed by atoms with Crippen molar-refractivity contribution in [3.8, 4) is 0 Å². The normalized spacial score (nSPS) is 11.5. The summed E-state index contributed by atoms with van der Waals surface area (Å²) in [5, 5.41) is 33.6. The molecule has 0 unspecified atom stereocenters. The maximum atomic E-state index is 11.1. The van der Waals surface area contributed by atoms with Crippen molar-refractivity contribution < 1.29 is 42.9 Å². The lowest BCUT2D eigenvalue weighted by atomic mass is 10.1. The molecule has 0 aliphatic carbocycles. The monoisotopic (exact) mass is 893 g/mol. The molecule has 10 aromatic rings. The lowest BCUT2D eigenvalue weighted by Gasteiger charge is -2.01. The second-order valence-corrected chi connectivity index (χ2v) is 12.6. The number of carboxylic acids is 1. The van der Waals surface area contributed by atoms with E-state index >= 15 is 0 Å². The fourth-order valence-electron chi connectivity index (χ4n) is 5.61. The summed E-state index contributed by atoms with van der Waals surface area (Å²) in [5.74, 6) is -1.86. The van der Waals surface area contributed by atoms with Gasteiger partial charge in [-0.15, -0.1) is 0 Å². The van der Waals surface area contributed by atoms with Crippen molar-refractivity contribution in [3.63, 3.8) is 0 Å². The number of fused-ring (bicyclic) bond motifs is 9. The van der Waals surface area contributed by atoms with Crippen molar-refractivity contribution in [3.05, 3.63) is 78.4 Å². The number of aliphatic carboxylic acids is 1. The lowest BCUT2D eigenvalue weighted by molar-refractivity contribution is -0.140. The quantitative estimate of drug-likeness (QED) is 0.0951. The molecule has 8 heterocycles. The smallest absolute Gasteiger partial charge is 0.323 e. The molecular formula is C36H28BrN15O9. The summed E-state index contributed by atoms with van der Waals surface area (Å²) in [7, 11) is 0. The Bertz CT molecular complexity index is 3190. The molecule has 1 aliphatic heterocycles. The number of esters is 1. The molecule has 61 heavy (non-hydrogen) atoms. The van der Waals surface area contributed by atoms with Gasteiger partial charge in [-0.3, -0.25) is 23.8 Å². The van der Waals surface area contributed by atoms with Crippen LogP contribution < -0.4 is 16.8 Å². The van der Waals surface area contributed by atoms with E-state index in [4.69, 9.17) is 16.6 Å². The molecule has 7 aromatic heterocycles. The maximum Gasteiger partial charge on any atom is 0.323 e. The van der Waals surface area contributed by atoms with Crippen LogP contribution in [-0.4, -0.2) is 101 Å². The van der Waals surface area contributed by atoms with E-state index in [-0.39, 0.29) is 29.8 Å². The van der Waals surface area contributed by atoms with E-state index in [9.17, 15) is 19.2 Å². The zero-order chi connectivity index (χ0) is 43.0. The topological polar surface area (TPSA) is 351 Å². The van der Waals surface area contributed by atoms with Gasteiger partial charge in [-0.1, -0.05) is 64.5 Å². The maximum absolute atomic E-state index is 11.1. The number of aromatic nitrogens is 12. The first-order chi connectivity index (χ1) is 29.6. The molecule has 0 spiro atoms. The van der Waals surface area contributed by atoms with E-state index in [1.165, 1.54) is 0 Å². The minimum Gasteiger partial charge on any atom is -0.480 e. The summed E-state index contributed by atoms with van der Waals surface area (Å²) in [6.07, 6.45) is 0. The van der Waals surface area contributed by atoms with E-state index in [2.05, 4.69) is 95.7 Å².